The van der Waals surface area contributed by atoms with Crippen molar-refractivity contribution in [1.82, 2.24) is 9.88 Å². The molecule has 1 aromatic heterocycles. The third kappa shape index (κ3) is 4.70. The van der Waals surface area contributed by atoms with Gasteiger partial charge >= 0.3 is 6.18 Å². The third-order valence-electron chi connectivity index (χ3n) is 5.52. The van der Waals surface area contributed by atoms with Crippen LogP contribution in [0.2, 0.25) is 0 Å². The molecule has 0 radical (unpaired) electrons. The van der Waals surface area contributed by atoms with Gasteiger partial charge in [-0.25, -0.2) is 4.98 Å². The van der Waals surface area contributed by atoms with Crippen LogP contribution in [0.1, 0.15) is 23.1 Å². The van der Waals surface area contributed by atoms with E-state index >= 15 is 0 Å². The number of aromatic nitrogens is 1. The lowest BCUT2D eigenvalue weighted by molar-refractivity contribution is -0.137. The zero-order chi connectivity index (χ0) is 20.4. The predicted octanol–water partition coefficient (Wildman–Crippen LogP) is 3.35. The van der Waals surface area contributed by atoms with E-state index in [1.54, 1.807) is 0 Å². The minimum absolute atomic E-state index is 0.0518. The Hall–Kier alpha value is -2.61. The predicted molar refractivity (Wildman–Crippen MR) is 105 cm³/mol. The number of carbonyl (C=O) groups is 1. The highest BCUT2D eigenvalue weighted by atomic mass is 19.4. The summed E-state index contributed by atoms with van der Waals surface area (Å²) in [5.74, 6) is 0.476. The fraction of sp³-hybridized carbons (Fsp3) is 0.429. The Balaban J connectivity index is 1.27. The SMILES string of the molecule is O=C(CN1CCN(c2ccc(C(F)(F)F)cn2)CC1)Nc1ccc2c(c1)CCC2. The molecule has 0 saturated carbocycles. The van der Waals surface area contributed by atoms with Crippen molar-refractivity contribution < 1.29 is 18.0 Å². The van der Waals surface area contributed by atoms with Crippen molar-refractivity contribution in [3.05, 3.63) is 53.2 Å². The standard InChI is InChI=1S/C21H23F3N4O/c22-21(23,24)17-5-7-19(25-13-17)28-10-8-27(9-11-28)14-20(29)26-18-6-4-15-2-1-3-16(15)12-18/h4-7,12-13H,1-3,8-11,14H2,(H,26,29). The van der Waals surface area contributed by atoms with Crippen LogP contribution in [0, 0.1) is 0 Å². The number of amides is 1. The summed E-state index contributed by atoms with van der Waals surface area (Å²) in [5, 5.41) is 2.97. The maximum atomic E-state index is 12.7. The molecule has 5 nitrogen and oxygen atoms in total. The van der Waals surface area contributed by atoms with Gasteiger partial charge in [-0.2, -0.15) is 13.2 Å². The van der Waals surface area contributed by atoms with Crippen LogP contribution in [0.5, 0.6) is 0 Å². The average molecular weight is 404 g/mol. The molecule has 29 heavy (non-hydrogen) atoms. The number of pyridine rings is 1. The molecule has 1 fully saturated rings. The quantitative estimate of drug-likeness (QED) is 0.849. The summed E-state index contributed by atoms with van der Waals surface area (Å²) in [4.78, 5) is 20.3. The summed E-state index contributed by atoms with van der Waals surface area (Å²) in [6.07, 6.45) is -0.159. The number of benzene rings is 1. The van der Waals surface area contributed by atoms with Crippen LogP contribution in [0.15, 0.2) is 36.5 Å². The first-order valence-corrected chi connectivity index (χ1v) is 9.81. The van der Waals surface area contributed by atoms with Crippen molar-refractivity contribution >= 4 is 17.4 Å². The first-order chi connectivity index (χ1) is 13.9. The van der Waals surface area contributed by atoms with Gasteiger partial charge in [-0.3, -0.25) is 9.69 Å². The van der Waals surface area contributed by atoms with Crippen LogP contribution in [-0.2, 0) is 23.8 Å². The molecule has 4 rings (SSSR count). The van der Waals surface area contributed by atoms with Gasteiger partial charge in [0.05, 0.1) is 12.1 Å². The molecule has 0 atom stereocenters. The van der Waals surface area contributed by atoms with Gasteiger partial charge in [0.25, 0.3) is 0 Å². The number of anilines is 2. The molecule has 0 unspecified atom stereocenters. The maximum Gasteiger partial charge on any atom is 0.417 e. The van der Waals surface area contributed by atoms with Gasteiger partial charge in [0.15, 0.2) is 0 Å². The van der Waals surface area contributed by atoms with E-state index < -0.39 is 11.7 Å². The molecule has 2 aliphatic rings. The van der Waals surface area contributed by atoms with Crippen molar-refractivity contribution in [3.8, 4) is 0 Å². The number of hydrogen-bond donors (Lipinski definition) is 1. The van der Waals surface area contributed by atoms with E-state index in [2.05, 4.69) is 22.4 Å². The molecular formula is C21H23F3N4O. The lowest BCUT2D eigenvalue weighted by atomic mass is 10.1. The Morgan fingerprint density at radius 1 is 1.03 bits per heavy atom. The Morgan fingerprint density at radius 2 is 1.79 bits per heavy atom. The van der Waals surface area contributed by atoms with Crippen LogP contribution in [0.25, 0.3) is 0 Å². The summed E-state index contributed by atoms with van der Waals surface area (Å²) >= 11 is 0. The van der Waals surface area contributed by atoms with Crippen LogP contribution in [-0.4, -0.2) is 48.5 Å². The smallest absolute Gasteiger partial charge is 0.354 e. The van der Waals surface area contributed by atoms with E-state index in [0.29, 0.717) is 38.5 Å². The molecule has 1 aromatic carbocycles. The lowest BCUT2D eigenvalue weighted by Gasteiger charge is -2.35. The number of carbonyl (C=O) groups excluding carboxylic acids is 1. The number of alkyl halides is 3. The van der Waals surface area contributed by atoms with E-state index in [-0.39, 0.29) is 5.91 Å². The van der Waals surface area contributed by atoms with E-state index in [9.17, 15) is 18.0 Å². The number of hydrogen-bond acceptors (Lipinski definition) is 4. The molecular weight excluding hydrogens is 381 g/mol. The zero-order valence-corrected chi connectivity index (χ0v) is 16.0. The molecule has 2 heterocycles. The minimum Gasteiger partial charge on any atom is -0.354 e. The minimum atomic E-state index is -4.38. The van der Waals surface area contributed by atoms with E-state index in [4.69, 9.17) is 0 Å². The number of nitrogens with zero attached hydrogens (tertiary/aromatic N) is 3. The lowest BCUT2D eigenvalue weighted by Crippen LogP contribution is -2.48. The van der Waals surface area contributed by atoms with Crippen LogP contribution >= 0.6 is 0 Å². The second-order valence-electron chi connectivity index (χ2n) is 7.55. The van der Waals surface area contributed by atoms with Crippen molar-refractivity contribution in [2.24, 2.45) is 0 Å². The summed E-state index contributed by atoms with van der Waals surface area (Å²) < 4.78 is 38.0. The molecule has 1 amide bonds. The van der Waals surface area contributed by atoms with Gasteiger partial charge in [0, 0.05) is 38.1 Å². The van der Waals surface area contributed by atoms with E-state index in [1.807, 2.05) is 15.9 Å². The Labute approximate surface area is 167 Å². The number of piperazine rings is 1. The number of nitrogens with one attached hydrogen (secondary N) is 1. The van der Waals surface area contributed by atoms with Crippen LogP contribution < -0.4 is 10.2 Å². The van der Waals surface area contributed by atoms with Crippen molar-refractivity contribution in [1.29, 1.82) is 0 Å². The van der Waals surface area contributed by atoms with Gasteiger partial charge in [-0.15, -0.1) is 0 Å². The molecule has 8 heteroatoms. The Kier molecular flexibility index (Phi) is 5.45. The first-order valence-electron chi connectivity index (χ1n) is 9.81. The normalized spacial score (nSPS) is 17.3. The van der Waals surface area contributed by atoms with Crippen molar-refractivity contribution in [2.45, 2.75) is 25.4 Å². The summed E-state index contributed by atoms with van der Waals surface area (Å²) in [5.41, 5.74) is 2.78. The Bertz CT molecular complexity index is 874. The molecule has 154 valence electrons. The maximum absolute atomic E-state index is 12.7. The third-order valence-corrected chi connectivity index (χ3v) is 5.52. The number of fused-ring (bicyclic) bond motifs is 1. The Morgan fingerprint density at radius 3 is 2.48 bits per heavy atom. The molecule has 0 bridgehead atoms. The van der Waals surface area contributed by atoms with Gasteiger partial charge in [0.1, 0.15) is 5.82 Å². The molecule has 1 saturated heterocycles. The molecule has 1 aliphatic heterocycles. The number of rotatable bonds is 4. The number of aryl methyl sites for hydroxylation is 2. The summed E-state index contributed by atoms with van der Waals surface area (Å²) in [7, 11) is 0. The molecule has 2 aromatic rings. The zero-order valence-electron chi connectivity index (χ0n) is 16.0. The summed E-state index contributed by atoms with van der Waals surface area (Å²) in [6.45, 7) is 2.83. The first kappa shape index (κ1) is 19.7. The highest BCUT2D eigenvalue weighted by Gasteiger charge is 2.31. The van der Waals surface area contributed by atoms with Gasteiger partial charge in [0.2, 0.25) is 5.91 Å². The fourth-order valence-corrected chi connectivity index (χ4v) is 3.93. The fourth-order valence-electron chi connectivity index (χ4n) is 3.93. The largest absolute Gasteiger partial charge is 0.417 e. The van der Waals surface area contributed by atoms with Crippen molar-refractivity contribution in [3.63, 3.8) is 0 Å². The highest BCUT2D eigenvalue weighted by Crippen LogP contribution is 2.29. The number of halogens is 3. The van der Waals surface area contributed by atoms with Gasteiger partial charge in [-0.1, -0.05) is 6.07 Å². The molecule has 1 N–H and O–H groups in total. The van der Waals surface area contributed by atoms with Crippen LogP contribution in [0.4, 0.5) is 24.7 Å². The van der Waals surface area contributed by atoms with Gasteiger partial charge < -0.3 is 10.2 Å². The van der Waals surface area contributed by atoms with Gasteiger partial charge in [-0.05, 0) is 54.7 Å². The second-order valence-corrected chi connectivity index (χ2v) is 7.55. The van der Waals surface area contributed by atoms with Crippen LogP contribution in [0.3, 0.4) is 0 Å². The topological polar surface area (TPSA) is 48.5 Å². The molecule has 0 spiro atoms. The highest BCUT2D eigenvalue weighted by molar-refractivity contribution is 5.92. The average Bonchev–Trinajstić information content (AvgIpc) is 3.16. The summed E-state index contributed by atoms with van der Waals surface area (Å²) in [6, 6.07) is 8.57. The van der Waals surface area contributed by atoms with Crippen molar-refractivity contribution in [2.75, 3.05) is 42.9 Å². The van der Waals surface area contributed by atoms with E-state index in [1.165, 1.54) is 23.6 Å². The monoisotopic (exact) mass is 404 g/mol. The second kappa shape index (κ2) is 8.02. The van der Waals surface area contributed by atoms with E-state index in [0.717, 1.165) is 30.8 Å². The molecule has 1 aliphatic carbocycles.